The Balaban J connectivity index is 0.00000392. The molecule has 0 aliphatic heterocycles. The van der Waals surface area contributed by atoms with Crippen molar-refractivity contribution in [3.8, 4) is 0 Å². The molecule has 0 aliphatic rings. The fourth-order valence-corrected chi connectivity index (χ4v) is 5.12. The SMILES string of the molecule is CCC(CS(=O)(=O)c1ccccc1)NC(=NC)NCCc1nc(C)c(C)s1.I. The van der Waals surface area contributed by atoms with E-state index in [0.29, 0.717) is 23.8 Å². The zero-order valence-electron chi connectivity index (χ0n) is 16.7. The van der Waals surface area contributed by atoms with Gasteiger partial charge in [-0.15, -0.1) is 35.3 Å². The molecule has 0 radical (unpaired) electrons. The first-order chi connectivity index (χ1) is 12.9. The van der Waals surface area contributed by atoms with Crippen LogP contribution in [0.15, 0.2) is 40.2 Å². The highest BCUT2D eigenvalue weighted by atomic mass is 127. The van der Waals surface area contributed by atoms with Crippen LogP contribution in [0.1, 0.15) is 28.9 Å². The summed E-state index contributed by atoms with van der Waals surface area (Å²) in [5, 5.41) is 7.56. The second kappa shape index (κ2) is 11.7. The maximum absolute atomic E-state index is 12.6. The number of nitrogens with one attached hydrogen (secondary N) is 2. The van der Waals surface area contributed by atoms with Crippen molar-refractivity contribution in [3.05, 3.63) is 45.9 Å². The van der Waals surface area contributed by atoms with Gasteiger partial charge in [0.25, 0.3) is 0 Å². The number of aryl methyl sites for hydroxylation is 2. The molecule has 156 valence electrons. The van der Waals surface area contributed by atoms with E-state index in [1.807, 2.05) is 19.9 Å². The van der Waals surface area contributed by atoms with Crippen LogP contribution in [0, 0.1) is 13.8 Å². The Hall–Kier alpha value is -1.20. The Morgan fingerprint density at radius 1 is 1.25 bits per heavy atom. The topological polar surface area (TPSA) is 83.5 Å². The molecule has 0 aliphatic carbocycles. The summed E-state index contributed by atoms with van der Waals surface area (Å²) in [5.41, 5.74) is 1.08. The van der Waals surface area contributed by atoms with Crippen molar-refractivity contribution in [1.29, 1.82) is 0 Å². The number of sulfone groups is 1. The minimum absolute atomic E-state index is 0. The number of rotatable bonds is 8. The van der Waals surface area contributed by atoms with Gasteiger partial charge < -0.3 is 10.6 Å². The van der Waals surface area contributed by atoms with Crippen LogP contribution in [0.2, 0.25) is 0 Å². The number of aromatic nitrogens is 1. The largest absolute Gasteiger partial charge is 0.356 e. The molecule has 2 rings (SSSR count). The zero-order valence-corrected chi connectivity index (χ0v) is 20.7. The highest BCUT2D eigenvalue weighted by Gasteiger charge is 2.20. The van der Waals surface area contributed by atoms with Gasteiger partial charge in [0, 0.05) is 30.9 Å². The van der Waals surface area contributed by atoms with Crippen LogP contribution < -0.4 is 10.6 Å². The van der Waals surface area contributed by atoms with E-state index in [4.69, 9.17) is 0 Å². The summed E-state index contributed by atoms with van der Waals surface area (Å²) in [6.07, 6.45) is 1.48. The lowest BCUT2D eigenvalue weighted by atomic mass is 10.2. The van der Waals surface area contributed by atoms with E-state index in [-0.39, 0.29) is 35.8 Å². The first kappa shape index (κ1) is 24.8. The molecule has 1 aromatic carbocycles. The molecule has 0 fully saturated rings. The van der Waals surface area contributed by atoms with Crippen LogP contribution in [0.25, 0.3) is 0 Å². The molecule has 0 saturated heterocycles. The number of halogens is 1. The first-order valence-corrected chi connectivity index (χ1v) is 11.5. The molecule has 0 amide bonds. The number of guanidine groups is 1. The van der Waals surface area contributed by atoms with E-state index in [9.17, 15) is 8.42 Å². The van der Waals surface area contributed by atoms with Crippen molar-refractivity contribution in [2.45, 2.75) is 44.6 Å². The Morgan fingerprint density at radius 3 is 2.46 bits per heavy atom. The smallest absolute Gasteiger partial charge is 0.191 e. The predicted molar refractivity (Wildman–Crippen MR) is 128 cm³/mol. The van der Waals surface area contributed by atoms with Gasteiger partial charge in [0.2, 0.25) is 0 Å². The van der Waals surface area contributed by atoms with E-state index in [1.165, 1.54) is 4.88 Å². The molecule has 2 N–H and O–H groups in total. The third kappa shape index (κ3) is 7.32. The number of hydrogen-bond acceptors (Lipinski definition) is 5. The molecule has 1 heterocycles. The minimum atomic E-state index is -3.34. The highest BCUT2D eigenvalue weighted by molar-refractivity contribution is 14.0. The fraction of sp³-hybridized carbons (Fsp3) is 0.474. The Kier molecular flexibility index (Phi) is 10.4. The van der Waals surface area contributed by atoms with Gasteiger partial charge in [-0.2, -0.15) is 0 Å². The molecule has 1 aromatic heterocycles. The van der Waals surface area contributed by atoms with E-state index in [0.717, 1.165) is 17.1 Å². The van der Waals surface area contributed by atoms with Crippen molar-refractivity contribution >= 4 is 51.1 Å². The van der Waals surface area contributed by atoms with Gasteiger partial charge in [0.15, 0.2) is 15.8 Å². The fourth-order valence-electron chi connectivity index (χ4n) is 2.57. The van der Waals surface area contributed by atoms with E-state index in [2.05, 4.69) is 27.5 Å². The van der Waals surface area contributed by atoms with Crippen molar-refractivity contribution in [2.24, 2.45) is 4.99 Å². The van der Waals surface area contributed by atoms with Crippen LogP contribution in [-0.2, 0) is 16.3 Å². The van der Waals surface area contributed by atoms with Gasteiger partial charge in [0.1, 0.15) is 0 Å². The predicted octanol–water partition coefficient (Wildman–Crippen LogP) is 3.34. The van der Waals surface area contributed by atoms with E-state index >= 15 is 0 Å². The normalized spacial score (nSPS) is 12.9. The molecule has 2 aromatic rings. The Labute approximate surface area is 189 Å². The molecular formula is C19H29IN4O2S2. The zero-order chi connectivity index (χ0) is 19.9. The Bertz CT molecular complexity index is 848. The maximum atomic E-state index is 12.6. The summed E-state index contributed by atoms with van der Waals surface area (Å²) in [6, 6.07) is 8.34. The van der Waals surface area contributed by atoms with Crippen LogP contribution in [-0.4, -0.2) is 44.7 Å². The van der Waals surface area contributed by atoms with Gasteiger partial charge in [-0.1, -0.05) is 25.1 Å². The molecule has 9 heteroatoms. The number of benzene rings is 1. The van der Waals surface area contributed by atoms with Gasteiger partial charge in [0.05, 0.1) is 21.3 Å². The molecule has 0 bridgehead atoms. The van der Waals surface area contributed by atoms with Gasteiger partial charge in [-0.05, 0) is 32.4 Å². The quantitative estimate of drug-likeness (QED) is 0.307. The highest BCUT2D eigenvalue weighted by Crippen LogP contribution is 2.16. The van der Waals surface area contributed by atoms with Crippen LogP contribution in [0.4, 0.5) is 0 Å². The first-order valence-electron chi connectivity index (χ1n) is 9.03. The monoisotopic (exact) mass is 536 g/mol. The molecule has 6 nitrogen and oxygen atoms in total. The van der Waals surface area contributed by atoms with Gasteiger partial charge >= 0.3 is 0 Å². The average molecular weight is 537 g/mol. The number of thiazole rings is 1. The van der Waals surface area contributed by atoms with Crippen molar-refractivity contribution in [3.63, 3.8) is 0 Å². The van der Waals surface area contributed by atoms with Crippen LogP contribution in [0.5, 0.6) is 0 Å². The lowest BCUT2D eigenvalue weighted by molar-refractivity contribution is 0.569. The molecule has 1 atom stereocenters. The standard InChI is InChI=1S/C19H28N4O2S2.HI/c1-5-16(13-27(24,25)17-9-7-6-8-10-17)23-19(20-4)21-12-11-18-22-14(2)15(3)26-18;/h6-10,16H,5,11-13H2,1-4H3,(H2,20,21,23);1H. The summed E-state index contributed by atoms with van der Waals surface area (Å²) in [5.74, 6) is 0.633. The van der Waals surface area contributed by atoms with Crippen molar-refractivity contribution in [1.82, 2.24) is 15.6 Å². The maximum Gasteiger partial charge on any atom is 0.191 e. The van der Waals surface area contributed by atoms with Crippen molar-refractivity contribution in [2.75, 3.05) is 19.3 Å². The van der Waals surface area contributed by atoms with Crippen molar-refractivity contribution < 1.29 is 8.42 Å². The Morgan fingerprint density at radius 2 is 1.93 bits per heavy atom. The number of aliphatic imine (C=N–C) groups is 1. The lowest BCUT2D eigenvalue weighted by Gasteiger charge is -2.20. The summed E-state index contributed by atoms with van der Waals surface area (Å²) in [4.78, 5) is 10.3. The van der Waals surface area contributed by atoms with Gasteiger partial charge in [-0.25, -0.2) is 13.4 Å². The molecular weight excluding hydrogens is 507 g/mol. The van der Waals surface area contributed by atoms with Crippen LogP contribution >= 0.6 is 35.3 Å². The van der Waals surface area contributed by atoms with Crippen LogP contribution in [0.3, 0.4) is 0 Å². The average Bonchev–Trinajstić information content (AvgIpc) is 2.98. The third-order valence-electron chi connectivity index (χ3n) is 4.28. The summed E-state index contributed by atoms with van der Waals surface area (Å²) >= 11 is 1.71. The van der Waals surface area contributed by atoms with E-state index in [1.54, 1.807) is 42.6 Å². The lowest BCUT2D eigenvalue weighted by Crippen LogP contribution is -2.46. The number of hydrogen-bond donors (Lipinski definition) is 2. The second-order valence-electron chi connectivity index (χ2n) is 6.34. The minimum Gasteiger partial charge on any atom is -0.356 e. The molecule has 0 saturated carbocycles. The summed E-state index contributed by atoms with van der Waals surface area (Å²) in [6.45, 7) is 6.74. The molecule has 28 heavy (non-hydrogen) atoms. The summed E-state index contributed by atoms with van der Waals surface area (Å²) in [7, 11) is -1.66. The van der Waals surface area contributed by atoms with E-state index < -0.39 is 9.84 Å². The third-order valence-corrected chi connectivity index (χ3v) is 7.25. The van der Waals surface area contributed by atoms with Gasteiger partial charge in [-0.3, -0.25) is 4.99 Å². The second-order valence-corrected chi connectivity index (χ2v) is 9.66. The number of nitrogens with zero attached hydrogens (tertiary/aromatic N) is 2. The molecule has 1 unspecified atom stereocenters. The summed E-state index contributed by atoms with van der Waals surface area (Å²) < 4.78 is 25.2. The molecule has 0 spiro atoms.